The van der Waals surface area contributed by atoms with Gasteiger partial charge in [0, 0.05) is 25.4 Å². The molecule has 1 rings (SSSR count). The summed E-state index contributed by atoms with van der Waals surface area (Å²) in [5.74, 6) is 0. The Bertz CT molecular complexity index is 312. The molecule has 0 amide bonds. The van der Waals surface area contributed by atoms with Crippen molar-refractivity contribution in [2.75, 3.05) is 31.2 Å². The van der Waals surface area contributed by atoms with Crippen LogP contribution in [0.15, 0.2) is 24.3 Å². The van der Waals surface area contributed by atoms with Crippen LogP contribution in [-0.4, -0.2) is 26.3 Å². The smallest absolute Gasteiger partial charge is 0.0641 e. The summed E-state index contributed by atoms with van der Waals surface area (Å²) in [4.78, 5) is 2.42. The van der Waals surface area contributed by atoms with Crippen molar-refractivity contribution in [3.63, 3.8) is 0 Å². The van der Waals surface area contributed by atoms with Crippen molar-refractivity contribution in [1.29, 1.82) is 0 Å². The maximum Gasteiger partial charge on any atom is 0.0641 e. The minimum Gasteiger partial charge on any atom is -0.380 e. The van der Waals surface area contributed by atoms with Gasteiger partial charge in [0.15, 0.2) is 0 Å². The van der Waals surface area contributed by atoms with Crippen LogP contribution in [0.4, 0.5) is 5.69 Å². The van der Waals surface area contributed by atoms with E-state index in [9.17, 15) is 0 Å². The minimum atomic E-state index is 0.801. The zero-order valence-electron chi connectivity index (χ0n) is 11.4. The fourth-order valence-corrected chi connectivity index (χ4v) is 1.86. The summed E-state index contributed by atoms with van der Waals surface area (Å²) in [6.07, 6.45) is 2.47. The summed E-state index contributed by atoms with van der Waals surface area (Å²) >= 11 is 0. The van der Waals surface area contributed by atoms with Crippen LogP contribution in [0.1, 0.15) is 32.3 Å². The molecule has 0 N–H and O–H groups in total. The maximum atomic E-state index is 5.45. The first-order valence-electron chi connectivity index (χ1n) is 6.67. The first-order chi connectivity index (χ1) is 8.27. The Balaban J connectivity index is 2.60. The van der Waals surface area contributed by atoms with Crippen molar-refractivity contribution in [2.45, 2.75) is 33.6 Å². The lowest BCUT2D eigenvalue weighted by atomic mass is 10.2. The molecule has 0 saturated heterocycles. The zero-order valence-corrected chi connectivity index (χ0v) is 11.4. The van der Waals surface area contributed by atoms with Crippen LogP contribution in [0.25, 0.3) is 0 Å². The monoisotopic (exact) mass is 235 g/mol. The van der Waals surface area contributed by atoms with Gasteiger partial charge < -0.3 is 9.64 Å². The molecule has 0 aromatic heterocycles. The third kappa shape index (κ3) is 5.22. The van der Waals surface area contributed by atoms with Crippen molar-refractivity contribution < 1.29 is 4.74 Å². The summed E-state index contributed by atoms with van der Waals surface area (Å²) in [5, 5.41) is 0. The van der Waals surface area contributed by atoms with Gasteiger partial charge in [-0.3, -0.25) is 0 Å². The normalized spacial score (nSPS) is 10.5. The summed E-state index contributed by atoms with van der Waals surface area (Å²) in [7, 11) is 0. The number of nitrogens with zero attached hydrogens (tertiary/aromatic N) is 1. The Labute approximate surface area is 106 Å². The van der Waals surface area contributed by atoms with Crippen LogP contribution in [0.3, 0.4) is 0 Å². The van der Waals surface area contributed by atoms with Crippen LogP contribution < -0.4 is 4.90 Å². The molecule has 0 aliphatic rings. The lowest BCUT2D eigenvalue weighted by molar-refractivity contribution is 0.153. The molecular formula is C15H25NO. The molecule has 17 heavy (non-hydrogen) atoms. The molecule has 0 spiro atoms. The van der Waals surface area contributed by atoms with Crippen LogP contribution in [0.5, 0.6) is 0 Å². The second-order valence-corrected chi connectivity index (χ2v) is 4.38. The predicted octanol–water partition coefficient (Wildman–Crippen LogP) is 3.64. The molecule has 2 heteroatoms. The summed E-state index contributed by atoms with van der Waals surface area (Å²) in [5.41, 5.74) is 2.64. The molecule has 1 aromatic rings. The van der Waals surface area contributed by atoms with E-state index >= 15 is 0 Å². The number of unbranched alkanes of at least 4 members (excludes halogenated alkanes) is 1. The summed E-state index contributed by atoms with van der Waals surface area (Å²) in [6.45, 7) is 10.1. The van der Waals surface area contributed by atoms with Gasteiger partial charge in [-0.05, 0) is 38.0 Å². The van der Waals surface area contributed by atoms with Gasteiger partial charge in [0.2, 0.25) is 0 Å². The van der Waals surface area contributed by atoms with Gasteiger partial charge in [0.25, 0.3) is 0 Å². The van der Waals surface area contributed by atoms with Crippen molar-refractivity contribution in [1.82, 2.24) is 0 Å². The number of anilines is 1. The molecule has 0 saturated carbocycles. The first-order valence-corrected chi connectivity index (χ1v) is 6.67. The molecule has 0 fully saturated rings. The highest BCUT2D eigenvalue weighted by Gasteiger charge is 2.05. The predicted molar refractivity (Wildman–Crippen MR) is 74.8 cm³/mol. The average molecular weight is 235 g/mol. The highest BCUT2D eigenvalue weighted by atomic mass is 16.5. The maximum absolute atomic E-state index is 5.45. The third-order valence-corrected chi connectivity index (χ3v) is 2.86. The van der Waals surface area contributed by atoms with Gasteiger partial charge in [-0.25, -0.2) is 0 Å². The number of rotatable bonds is 8. The van der Waals surface area contributed by atoms with E-state index in [2.05, 4.69) is 43.0 Å². The topological polar surface area (TPSA) is 12.5 Å². The largest absolute Gasteiger partial charge is 0.380 e. The van der Waals surface area contributed by atoms with E-state index in [1.165, 1.54) is 24.1 Å². The van der Waals surface area contributed by atoms with E-state index in [4.69, 9.17) is 4.74 Å². The molecule has 0 heterocycles. The summed E-state index contributed by atoms with van der Waals surface area (Å²) < 4.78 is 5.45. The van der Waals surface area contributed by atoms with Crippen molar-refractivity contribution >= 4 is 5.69 Å². The van der Waals surface area contributed by atoms with E-state index in [0.29, 0.717) is 0 Å². The first kappa shape index (κ1) is 14.0. The second kappa shape index (κ2) is 8.13. The molecule has 0 aliphatic heterocycles. The van der Waals surface area contributed by atoms with Crippen LogP contribution >= 0.6 is 0 Å². The van der Waals surface area contributed by atoms with Crippen molar-refractivity contribution in [2.24, 2.45) is 0 Å². The van der Waals surface area contributed by atoms with Gasteiger partial charge in [0.1, 0.15) is 0 Å². The second-order valence-electron chi connectivity index (χ2n) is 4.38. The van der Waals surface area contributed by atoms with E-state index in [1.807, 2.05) is 6.92 Å². The standard InChI is InChI=1S/C15H25NO/c1-4-6-10-16(11-12-17-5-2)15-9-7-8-14(3)13-15/h7-9,13H,4-6,10-12H2,1-3H3. The molecule has 96 valence electrons. The fourth-order valence-electron chi connectivity index (χ4n) is 1.86. The SMILES string of the molecule is CCCCN(CCOCC)c1cccc(C)c1. The number of ether oxygens (including phenoxy) is 1. The van der Waals surface area contributed by atoms with E-state index in [-0.39, 0.29) is 0 Å². The zero-order chi connectivity index (χ0) is 12.5. The summed E-state index contributed by atoms with van der Waals surface area (Å²) in [6, 6.07) is 8.71. The Morgan fingerprint density at radius 3 is 2.65 bits per heavy atom. The number of hydrogen-bond acceptors (Lipinski definition) is 2. The van der Waals surface area contributed by atoms with Crippen LogP contribution in [0, 0.1) is 6.92 Å². The van der Waals surface area contributed by atoms with E-state index in [1.54, 1.807) is 0 Å². The minimum absolute atomic E-state index is 0.801. The molecule has 0 unspecified atom stereocenters. The fraction of sp³-hybridized carbons (Fsp3) is 0.600. The highest BCUT2D eigenvalue weighted by molar-refractivity contribution is 5.48. The van der Waals surface area contributed by atoms with E-state index in [0.717, 1.165) is 26.3 Å². The lowest BCUT2D eigenvalue weighted by Gasteiger charge is -2.25. The molecule has 0 radical (unpaired) electrons. The van der Waals surface area contributed by atoms with Crippen molar-refractivity contribution in [3.8, 4) is 0 Å². The van der Waals surface area contributed by atoms with Gasteiger partial charge in [-0.15, -0.1) is 0 Å². The van der Waals surface area contributed by atoms with Crippen LogP contribution in [-0.2, 0) is 4.74 Å². The van der Waals surface area contributed by atoms with E-state index < -0.39 is 0 Å². The molecule has 0 atom stereocenters. The highest BCUT2D eigenvalue weighted by Crippen LogP contribution is 2.16. The number of hydrogen-bond donors (Lipinski definition) is 0. The lowest BCUT2D eigenvalue weighted by Crippen LogP contribution is -2.28. The van der Waals surface area contributed by atoms with Crippen molar-refractivity contribution in [3.05, 3.63) is 29.8 Å². The average Bonchev–Trinajstić information content (AvgIpc) is 2.33. The van der Waals surface area contributed by atoms with Gasteiger partial charge in [0.05, 0.1) is 6.61 Å². The third-order valence-electron chi connectivity index (χ3n) is 2.86. The Morgan fingerprint density at radius 1 is 1.18 bits per heavy atom. The Hall–Kier alpha value is -1.02. The van der Waals surface area contributed by atoms with Crippen LogP contribution in [0.2, 0.25) is 0 Å². The number of aryl methyl sites for hydroxylation is 1. The van der Waals surface area contributed by atoms with Gasteiger partial charge >= 0.3 is 0 Å². The van der Waals surface area contributed by atoms with Gasteiger partial charge in [-0.2, -0.15) is 0 Å². The molecule has 1 aromatic carbocycles. The molecular weight excluding hydrogens is 210 g/mol. The molecule has 0 bridgehead atoms. The Morgan fingerprint density at radius 2 is 2.00 bits per heavy atom. The van der Waals surface area contributed by atoms with Gasteiger partial charge in [-0.1, -0.05) is 25.5 Å². The quantitative estimate of drug-likeness (QED) is 0.638. The Kier molecular flexibility index (Phi) is 6.71. The molecule has 2 nitrogen and oxygen atoms in total. The number of benzene rings is 1. The molecule has 0 aliphatic carbocycles.